The van der Waals surface area contributed by atoms with Crippen molar-refractivity contribution in [2.75, 3.05) is 45.1 Å². The molecule has 7 heteroatoms. The van der Waals surface area contributed by atoms with Crippen LogP contribution in [0.1, 0.15) is 30.6 Å². The minimum Gasteiger partial charge on any atom is -0.399 e. The summed E-state index contributed by atoms with van der Waals surface area (Å²) >= 11 is 0. The van der Waals surface area contributed by atoms with Gasteiger partial charge in [-0.05, 0) is 51.1 Å². The first-order valence-corrected chi connectivity index (χ1v) is 8.52. The molecule has 1 saturated heterocycles. The minimum absolute atomic E-state index is 0.0398. The number of nitrogens with two attached hydrogens (primary N) is 3. The number of rotatable bonds is 5. The van der Waals surface area contributed by atoms with E-state index in [0.717, 1.165) is 39.3 Å². The summed E-state index contributed by atoms with van der Waals surface area (Å²) in [7, 11) is 0. The van der Waals surface area contributed by atoms with Crippen LogP contribution in [-0.2, 0) is 4.74 Å². The highest BCUT2D eigenvalue weighted by atomic mass is 16.5. The Morgan fingerprint density at radius 1 is 1.16 bits per heavy atom. The van der Waals surface area contributed by atoms with Crippen LogP contribution in [0.3, 0.4) is 0 Å². The van der Waals surface area contributed by atoms with Crippen LogP contribution in [0.2, 0.25) is 0 Å². The largest absolute Gasteiger partial charge is 0.399 e. The van der Waals surface area contributed by atoms with Crippen LogP contribution in [0, 0.1) is 0 Å². The molecule has 0 saturated carbocycles. The van der Waals surface area contributed by atoms with Gasteiger partial charge >= 0.3 is 0 Å². The van der Waals surface area contributed by atoms with E-state index in [-0.39, 0.29) is 5.91 Å². The van der Waals surface area contributed by atoms with E-state index in [1.165, 1.54) is 0 Å². The number of hydrazine groups is 1. The smallest absolute Gasteiger partial charge is 0.251 e. The summed E-state index contributed by atoms with van der Waals surface area (Å²) in [6.45, 7) is 9.32. The molecule has 1 aromatic carbocycles. The number of amides is 1. The number of benzene rings is 1. The Kier molecular flexibility index (Phi) is 14.4. The summed E-state index contributed by atoms with van der Waals surface area (Å²) in [5.41, 5.74) is 6.91. The number of hydrogen-bond donors (Lipinski definition) is 4. The van der Waals surface area contributed by atoms with Gasteiger partial charge in [0.2, 0.25) is 0 Å². The summed E-state index contributed by atoms with van der Waals surface area (Å²) in [5.74, 6) is 7.96. The lowest BCUT2D eigenvalue weighted by Crippen LogP contribution is -2.38. The van der Waals surface area contributed by atoms with Gasteiger partial charge in [-0.25, -0.2) is 0 Å². The highest BCUT2D eigenvalue weighted by Gasteiger charge is 2.09. The predicted molar refractivity (Wildman–Crippen MR) is 104 cm³/mol. The second kappa shape index (κ2) is 15.6. The van der Waals surface area contributed by atoms with E-state index in [2.05, 4.69) is 21.9 Å². The Labute approximate surface area is 151 Å². The SMILES string of the molecule is CC=CC.NN.Nc1ccc(C(=O)NCCCN2CCOCC2)cc1. The molecule has 1 aliphatic rings. The zero-order valence-corrected chi connectivity index (χ0v) is 15.4. The zero-order valence-electron chi connectivity index (χ0n) is 15.4. The van der Waals surface area contributed by atoms with Gasteiger partial charge in [-0.15, -0.1) is 0 Å². The van der Waals surface area contributed by atoms with Gasteiger partial charge in [-0.1, -0.05) is 12.2 Å². The van der Waals surface area contributed by atoms with Crippen molar-refractivity contribution in [2.24, 2.45) is 11.7 Å². The summed E-state index contributed by atoms with van der Waals surface area (Å²) in [6, 6.07) is 6.96. The quantitative estimate of drug-likeness (QED) is 0.207. The number of morpholine rings is 1. The third-order valence-corrected chi connectivity index (χ3v) is 3.55. The number of carbonyl (C=O) groups excluding carboxylic acids is 1. The molecule has 7 N–H and O–H groups in total. The van der Waals surface area contributed by atoms with Gasteiger partial charge in [0, 0.05) is 30.9 Å². The van der Waals surface area contributed by atoms with Crippen molar-refractivity contribution in [3.63, 3.8) is 0 Å². The first kappa shape index (κ1) is 23.1. The Morgan fingerprint density at radius 2 is 1.72 bits per heavy atom. The topological polar surface area (TPSA) is 120 Å². The molecule has 0 atom stereocenters. The van der Waals surface area contributed by atoms with Crippen LogP contribution in [0.15, 0.2) is 36.4 Å². The van der Waals surface area contributed by atoms with Crippen molar-refractivity contribution >= 4 is 11.6 Å². The van der Waals surface area contributed by atoms with Crippen LogP contribution in [-0.4, -0.2) is 50.2 Å². The molecule has 1 aliphatic heterocycles. The predicted octanol–water partition coefficient (Wildman–Crippen LogP) is 1.12. The Morgan fingerprint density at radius 3 is 2.24 bits per heavy atom. The number of carbonyl (C=O) groups is 1. The van der Waals surface area contributed by atoms with E-state index in [9.17, 15) is 4.79 Å². The van der Waals surface area contributed by atoms with Crippen molar-refractivity contribution in [3.05, 3.63) is 42.0 Å². The number of ether oxygens (including phenoxy) is 1. The molecule has 0 aliphatic carbocycles. The fourth-order valence-corrected chi connectivity index (χ4v) is 2.07. The maximum atomic E-state index is 11.8. The van der Waals surface area contributed by atoms with E-state index in [4.69, 9.17) is 10.5 Å². The van der Waals surface area contributed by atoms with Crippen LogP contribution in [0.25, 0.3) is 0 Å². The maximum absolute atomic E-state index is 11.8. The molecule has 1 amide bonds. The van der Waals surface area contributed by atoms with E-state index in [0.29, 0.717) is 17.8 Å². The molecular formula is C18H33N5O2. The lowest BCUT2D eigenvalue weighted by atomic mass is 10.2. The monoisotopic (exact) mass is 351 g/mol. The molecule has 1 heterocycles. The second-order valence-electron chi connectivity index (χ2n) is 5.35. The fraction of sp³-hybridized carbons (Fsp3) is 0.500. The average molecular weight is 351 g/mol. The zero-order chi connectivity index (χ0) is 18.9. The van der Waals surface area contributed by atoms with Crippen LogP contribution < -0.4 is 22.7 Å². The van der Waals surface area contributed by atoms with E-state index in [1.54, 1.807) is 24.3 Å². The van der Waals surface area contributed by atoms with Gasteiger partial charge < -0.3 is 15.8 Å². The number of anilines is 1. The Bertz CT molecular complexity index is 467. The van der Waals surface area contributed by atoms with Gasteiger partial charge in [-0.2, -0.15) is 0 Å². The van der Waals surface area contributed by atoms with E-state index in [1.807, 2.05) is 26.0 Å². The molecular weight excluding hydrogens is 318 g/mol. The molecule has 0 radical (unpaired) electrons. The van der Waals surface area contributed by atoms with Crippen molar-refractivity contribution < 1.29 is 9.53 Å². The lowest BCUT2D eigenvalue weighted by Gasteiger charge is -2.26. The van der Waals surface area contributed by atoms with Crippen molar-refractivity contribution in [1.29, 1.82) is 0 Å². The number of allylic oxidation sites excluding steroid dienone is 2. The molecule has 7 nitrogen and oxygen atoms in total. The summed E-state index contributed by atoms with van der Waals surface area (Å²) < 4.78 is 5.29. The summed E-state index contributed by atoms with van der Waals surface area (Å²) in [5, 5.41) is 2.92. The standard InChI is InChI=1S/C14H21N3O2.C4H8.H4N2/c15-13-4-2-12(3-5-13)14(18)16-6-1-7-17-8-10-19-11-9-17;1-3-4-2;1-2/h2-5H,1,6-11,15H2,(H,16,18);3-4H,1-2H3;1-2H2. The molecule has 1 fully saturated rings. The molecule has 0 spiro atoms. The molecule has 1 aromatic rings. The van der Waals surface area contributed by atoms with E-state index >= 15 is 0 Å². The van der Waals surface area contributed by atoms with Gasteiger partial charge in [-0.3, -0.25) is 21.4 Å². The number of nitrogens with zero attached hydrogens (tertiary/aromatic N) is 1. The normalized spacial score (nSPS) is 14.1. The maximum Gasteiger partial charge on any atom is 0.251 e. The molecule has 2 rings (SSSR count). The van der Waals surface area contributed by atoms with Crippen molar-refractivity contribution in [1.82, 2.24) is 10.2 Å². The van der Waals surface area contributed by atoms with Gasteiger partial charge in [0.05, 0.1) is 13.2 Å². The van der Waals surface area contributed by atoms with Crippen LogP contribution >= 0.6 is 0 Å². The molecule has 142 valence electrons. The van der Waals surface area contributed by atoms with Crippen LogP contribution in [0.5, 0.6) is 0 Å². The fourth-order valence-electron chi connectivity index (χ4n) is 2.07. The first-order chi connectivity index (χ1) is 12.2. The van der Waals surface area contributed by atoms with Crippen molar-refractivity contribution in [2.45, 2.75) is 20.3 Å². The Hall–Kier alpha value is -1.93. The molecule has 0 bridgehead atoms. The molecule has 25 heavy (non-hydrogen) atoms. The van der Waals surface area contributed by atoms with Crippen LogP contribution in [0.4, 0.5) is 5.69 Å². The van der Waals surface area contributed by atoms with Crippen molar-refractivity contribution in [3.8, 4) is 0 Å². The number of nitrogens with one attached hydrogen (secondary N) is 1. The number of hydrogen-bond acceptors (Lipinski definition) is 6. The van der Waals surface area contributed by atoms with E-state index < -0.39 is 0 Å². The highest BCUT2D eigenvalue weighted by molar-refractivity contribution is 5.94. The molecule has 0 unspecified atom stereocenters. The number of nitrogen functional groups attached to an aromatic ring is 1. The average Bonchev–Trinajstić information content (AvgIpc) is 2.68. The summed E-state index contributed by atoms with van der Waals surface area (Å²) in [6.07, 6.45) is 4.96. The lowest BCUT2D eigenvalue weighted by molar-refractivity contribution is 0.0374. The third-order valence-electron chi connectivity index (χ3n) is 3.55. The minimum atomic E-state index is -0.0398. The van der Waals surface area contributed by atoms with Gasteiger partial charge in [0.1, 0.15) is 0 Å². The Balaban J connectivity index is 0.000000845. The summed E-state index contributed by atoms with van der Waals surface area (Å²) in [4.78, 5) is 14.2. The van der Waals surface area contributed by atoms with Gasteiger partial charge in [0.15, 0.2) is 0 Å². The van der Waals surface area contributed by atoms with Gasteiger partial charge in [0.25, 0.3) is 5.91 Å². The molecule has 0 aromatic heterocycles. The second-order valence-corrected chi connectivity index (χ2v) is 5.35. The first-order valence-electron chi connectivity index (χ1n) is 8.52. The third kappa shape index (κ3) is 11.3. The highest BCUT2D eigenvalue weighted by Crippen LogP contribution is 2.05.